The maximum absolute atomic E-state index is 13.1. The number of methoxy groups -OCH3 is 1. The standard InChI is InChI=1S/C22H25FN4O4/c1-30-18-6-7-19-20(14-18)31-22(27(19)29)8-9-24-21(28)15-25-10-12-26(13-11-25)17-4-2-16(23)3-5-17/h2-7,14,22H,8-13,15H2,1H3/p+1. The third kappa shape index (κ3) is 4.93. The van der Waals surface area contributed by atoms with Crippen LogP contribution in [-0.4, -0.2) is 68.2 Å². The van der Waals surface area contributed by atoms with Crippen LogP contribution >= 0.6 is 0 Å². The maximum Gasteiger partial charge on any atom is 0.352 e. The number of hydrogen-bond donors (Lipinski definition) is 1. The first-order valence-corrected chi connectivity index (χ1v) is 10.3. The number of nitroso groups, excluding NO2 is 1. The van der Waals surface area contributed by atoms with Crippen molar-refractivity contribution in [3.05, 3.63) is 53.2 Å². The molecule has 8 nitrogen and oxygen atoms in total. The van der Waals surface area contributed by atoms with E-state index in [0.29, 0.717) is 36.7 Å². The van der Waals surface area contributed by atoms with Crippen molar-refractivity contribution >= 4 is 17.3 Å². The summed E-state index contributed by atoms with van der Waals surface area (Å²) in [5, 5.41) is 2.87. The number of piperazine rings is 1. The van der Waals surface area contributed by atoms with Crippen LogP contribution in [0, 0.1) is 10.7 Å². The van der Waals surface area contributed by atoms with Gasteiger partial charge in [-0.1, -0.05) is 0 Å². The molecule has 2 aliphatic rings. The van der Waals surface area contributed by atoms with E-state index in [9.17, 15) is 14.1 Å². The Labute approximate surface area is 180 Å². The zero-order valence-electron chi connectivity index (χ0n) is 17.4. The van der Waals surface area contributed by atoms with Gasteiger partial charge in [0.25, 0.3) is 0 Å². The van der Waals surface area contributed by atoms with Gasteiger partial charge in [0.15, 0.2) is 0 Å². The topological polar surface area (TPSA) is 74.1 Å². The Kier molecular flexibility index (Phi) is 6.31. The fourth-order valence-corrected chi connectivity index (χ4v) is 3.83. The summed E-state index contributed by atoms with van der Waals surface area (Å²) in [4.78, 5) is 28.9. The van der Waals surface area contributed by atoms with Crippen LogP contribution in [0.15, 0.2) is 42.5 Å². The average Bonchev–Trinajstić information content (AvgIpc) is 3.09. The summed E-state index contributed by atoms with van der Waals surface area (Å²) in [7, 11) is 1.56. The molecule has 4 rings (SSSR count). The van der Waals surface area contributed by atoms with Gasteiger partial charge in [-0.15, -0.1) is 0 Å². The highest BCUT2D eigenvalue weighted by Crippen LogP contribution is 2.38. The Morgan fingerprint density at radius 2 is 1.94 bits per heavy atom. The van der Waals surface area contributed by atoms with E-state index in [1.54, 1.807) is 37.4 Å². The maximum atomic E-state index is 13.1. The lowest BCUT2D eigenvalue weighted by atomic mass is 10.2. The van der Waals surface area contributed by atoms with Gasteiger partial charge in [-0.05, 0) is 30.3 Å². The van der Waals surface area contributed by atoms with E-state index in [2.05, 4.69) is 15.1 Å². The molecule has 0 aliphatic carbocycles. The number of carbonyl (C=O) groups excluding carboxylic acids is 1. The molecule has 0 spiro atoms. The molecule has 0 saturated carbocycles. The molecule has 1 unspecified atom stereocenters. The number of ether oxygens (including phenoxy) is 2. The van der Waals surface area contributed by atoms with Gasteiger partial charge < -0.3 is 19.7 Å². The molecule has 2 aliphatic heterocycles. The Morgan fingerprint density at radius 1 is 1.19 bits per heavy atom. The first-order valence-electron chi connectivity index (χ1n) is 10.3. The van der Waals surface area contributed by atoms with Crippen LogP contribution in [0.25, 0.3) is 0 Å². The van der Waals surface area contributed by atoms with Crippen molar-refractivity contribution in [3.8, 4) is 11.5 Å². The summed E-state index contributed by atoms with van der Waals surface area (Å²) in [6, 6.07) is 11.5. The van der Waals surface area contributed by atoms with Crippen molar-refractivity contribution in [1.29, 1.82) is 0 Å². The van der Waals surface area contributed by atoms with Crippen LogP contribution in [-0.2, 0) is 4.79 Å². The smallest absolute Gasteiger partial charge is 0.352 e. The number of nitrogens with one attached hydrogen (secondary N) is 1. The van der Waals surface area contributed by atoms with Crippen LogP contribution in [0.4, 0.5) is 15.8 Å². The molecule has 1 atom stereocenters. The second kappa shape index (κ2) is 9.30. The van der Waals surface area contributed by atoms with Crippen LogP contribution in [0.3, 0.4) is 0 Å². The molecule has 0 bridgehead atoms. The van der Waals surface area contributed by atoms with E-state index in [4.69, 9.17) is 9.47 Å². The van der Waals surface area contributed by atoms with E-state index >= 15 is 0 Å². The molecule has 1 N–H and O–H groups in total. The van der Waals surface area contributed by atoms with Crippen molar-refractivity contribution in [1.82, 2.24) is 10.2 Å². The highest BCUT2D eigenvalue weighted by atomic mass is 19.1. The number of fused-ring (bicyclic) bond motifs is 1. The molecule has 2 aromatic rings. The van der Waals surface area contributed by atoms with E-state index in [0.717, 1.165) is 36.6 Å². The highest BCUT2D eigenvalue weighted by Gasteiger charge is 2.40. The fraction of sp³-hybridized carbons (Fsp3) is 0.409. The number of nitrogens with zero attached hydrogens (tertiary/aromatic N) is 3. The quantitative estimate of drug-likeness (QED) is 0.681. The Bertz CT molecular complexity index is 945. The van der Waals surface area contributed by atoms with Crippen LogP contribution in [0.2, 0.25) is 0 Å². The van der Waals surface area contributed by atoms with Gasteiger partial charge in [-0.25, -0.2) is 4.39 Å². The number of hydrogen-bond acceptors (Lipinski definition) is 6. The van der Waals surface area contributed by atoms with Gasteiger partial charge in [0.05, 0.1) is 24.8 Å². The summed E-state index contributed by atoms with van der Waals surface area (Å²) in [5.74, 6) is 0.793. The minimum atomic E-state index is -0.665. The molecular formula is C22H26FN4O4+. The summed E-state index contributed by atoms with van der Waals surface area (Å²) in [5.41, 5.74) is 1.46. The number of carbonyl (C=O) groups is 1. The fourth-order valence-electron chi connectivity index (χ4n) is 3.83. The molecule has 2 heterocycles. The minimum absolute atomic E-state index is 0.0788. The summed E-state index contributed by atoms with van der Waals surface area (Å²) >= 11 is 0. The number of benzene rings is 2. The lowest BCUT2D eigenvalue weighted by molar-refractivity contribution is -0.529. The van der Waals surface area contributed by atoms with Crippen LogP contribution < -0.4 is 19.7 Å². The largest absolute Gasteiger partial charge is 0.497 e. The first-order chi connectivity index (χ1) is 15.0. The minimum Gasteiger partial charge on any atom is -0.497 e. The number of amides is 1. The number of anilines is 1. The molecule has 2 aromatic carbocycles. The molecule has 164 valence electrons. The van der Waals surface area contributed by atoms with Gasteiger partial charge >= 0.3 is 11.9 Å². The van der Waals surface area contributed by atoms with Crippen molar-refractivity contribution in [2.24, 2.45) is 0 Å². The monoisotopic (exact) mass is 429 g/mol. The van der Waals surface area contributed by atoms with E-state index < -0.39 is 6.23 Å². The second-order valence-electron chi connectivity index (χ2n) is 7.61. The molecule has 1 amide bonds. The van der Waals surface area contributed by atoms with Gasteiger partial charge in [0.2, 0.25) is 11.7 Å². The average molecular weight is 429 g/mol. The predicted molar refractivity (Wildman–Crippen MR) is 113 cm³/mol. The van der Waals surface area contributed by atoms with Crippen molar-refractivity contribution in [2.45, 2.75) is 12.6 Å². The molecular weight excluding hydrogens is 403 g/mol. The Morgan fingerprint density at radius 3 is 2.65 bits per heavy atom. The molecule has 0 radical (unpaired) electrons. The van der Waals surface area contributed by atoms with E-state index in [1.807, 2.05) is 0 Å². The molecule has 9 heteroatoms. The third-order valence-corrected chi connectivity index (χ3v) is 5.57. The predicted octanol–water partition coefficient (Wildman–Crippen LogP) is 2.29. The summed E-state index contributed by atoms with van der Waals surface area (Å²) in [6.07, 6.45) is -0.286. The van der Waals surface area contributed by atoms with Gasteiger partial charge in [-0.3, -0.25) is 9.69 Å². The molecule has 31 heavy (non-hydrogen) atoms. The number of rotatable bonds is 7. The summed E-state index contributed by atoms with van der Waals surface area (Å²) < 4.78 is 24.8. The second-order valence-corrected chi connectivity index (χ2v) is 7.61. The molecule has 1 saturated heterocycles. The third-order valence-electron chi connectivity index (χ3n) is 5.57. The van der Waals surface area contributed by atoms with Gasteiger partial charge in [-0.2, -0.15) is 0 Å². The number of halogens is 1. The lowest BCUT2D eigenvalue weighted by Crippen LogP contribution is -2.49. The normalized spacial score (nSPS) is 18.5. The first kappa shape index (κ1) is 21.0. The van der Waals surface area contributed by atoms with Crippen molar-refractivity contribution in [3.63, 3.8) is 0 Å². The zero-order valence-corrected chi connectivity index (χ0v) is 17.4. The summed E-state index contributed by atoms with van der Waals surface area (Å²) in [6.45, 7) is 3.72. The van der Waals surface area contributed by atoms with Crippen LogP contribution in [0.5, 0.6) is 11.5 Å². The van der Waals surface area contributed by atoms with Crippen molar-refractivity contribution in [2.75, 3.05) is 51.3 Å². The van der Waals surface area contributed by atoms with E-state index in [-0.39, 0.29) is 11.7 Å². The van der Waals surface area contributed by atoms with Gasteiger partial charge in [0.1, 0.15) is 11.6 Å². The Balaban J connectivity index is 1.18. The molecule has 0 aromatic heterocycles. The molecule has 1 fully saturated rings. The Hall–Kier alpha value is -3.20. The van der Waals surface area contributed by atoms with Crippen molar-refractivity contribution < 1.29 is 23.4 Å². The van der Waals surface area contributed by atoms with Crippen LogP contribution in [0.1, 0.15) is 6.42 Å². The lowest BCUT2D eigenvalue weighted by Gasteiger charge is -2.35. The van der Waals surface area contributed by atoms with Gasteiger partial charge in [0, 0.05) is 55.5 Å². The zero-order chi connectivity index (χ0) is 21.8. The highest BCUT2D eigenvalue weighted by molar-refractivity contribution is 5.78. The SMILES string of the molecule is COc1ccc2c(c1)OC(CCNC(=O)CN1CCN(c3ccc(F)cc3)CC1)[N+]2=O. The van der Waals surface area contributed by atoms with E-state index in [1.165, 1.54) is 12.1 Å².